The molecule has 2 rings (SSSR count). The summed E-state index contributed by atoms with van der Waals surface area (Å²) in [5.74, 6) is 0. The van der Waals surface area contributed by atoms with Crippen LogP contribution in [0.4, 0.5) is 11.4 Å². The largest absolute Gasteiger partial charge is 0.148 e. The summed E-state index contributed by atoms with van der Waals surface area (Å²) in [5.41, 5.74) is 1.53. The SMILES string of the molecule is Brc1cccc(Br)c1N=Nc1c(Br)cccc1Br. The fourth-order valence-electron chi connectivity index (χ4n) is 1.27. The zero-order chi connectivity index (χ0) is 13.1. The third-order valence-electron chi connectivity index (χ3n) is 2.13. The lowest BCUT2D eigenvalue weighted by Crippen LogP contribution is -1.73. The smallest absolute Gasteiger partial charge is 0.114 e. The minimum absolute atomic E-state index is 0.764. The van der Waals surface area contributed by atoms with E-state index in [-0.39, 0.29) is 0 Å². The Kier molecular flexibility index (Phi) is 5.12. The molecule has 0 heterocycles. The van der Waals surface area contributed by atoms with Crippen molar-refractivity contribution in [3.8, 4) is 0 Å². The fraction of sp³-hybridized carbons (Fsp3) is 0. The van der Waals surface area contributed by atoms with Crippen LogP contribution in [0.2, 0.25) is 0 Å². The zero-order valence-electron chi connectivity index (χ0n) is 8.87. The molecule has 0 aliphatic heterocycles. The van der Waals surface area contributed by atoms with E-state index in [2.05, 4.69) is 73.9 Å². The normalized spacial score (nSPS) is 11.1. The van der Waals surface area contributed by atoms with Gasteiger partial charge in [0, 0.05) is 17.9 Å². The molecule has 0 aliphatic carbocycles. The van der Waals surface area contributed by atoms with Gasteiger partial charge in [-0.1, -0.05) is 12.1 Å². The van der Waals surface area contributed by atoms with Crippen molar-refractivity contribution in [1.82, 2.24) is 0 Å². The molecule has 0 spiro atoms. The molecule has 92 valence electrons. The van der Waals surface area contributed by atoms with E-state index >= 15 is 0 Å². The Hall–Kier alpha value is -0.0400. The average molecular weight is 498 g/mol. The maximum absolute atomic E-state index is 4.27. The monoisotopic (exact) mass is 494 g/mol. The van der Waals surface area contributed by atoms with E-state index < -0.39 is 0 Å². The lowest BCUT2D eigenvalue weighted by Gasteiger charge is -2.02. The highest BCUT2D eigenvalue weighted by atomic mass is 79.9. The number of benzene rings is 2. The fourth-order valence-corrected chi connectivity index (χ4v) is 3.58. The molecule has 0 N–H and O–H groups in total. The summed E-state index contributed by atoms with van der Waals surface area (Å²) in [6.07, 6.45) is 0. The first-order valence-electron chi connectivity index (χ1n) is 4.89. The first-order chi connectivity index (χ1) is 8.59. The standard InChI is InChI=1S/C12H6Br4N2/c13-7-3-1-4-8(14)11(7)17-18-12-9(15)5-2-6-10(12)16/h1-6H. The summed E-state index contributed by atoms with van der Waals surface area (Å²) in [5, 5.41) is 8.54. The van der Waals surface area contributed by atoms with Gasteiger partial charge in [-0.3, -0.25) is 0 Å². The second-order valence-electron chi connectivity index (χ2n) is 3.34. The molecule has 0 aromatic heterocycles. The third kappa shape index (κ3) is 3.29. The summed E-state index contributed by atoms with van der Waals surface area (Å²) in [4.78, 5) is 0. The van der Waals surface area contributed by atoms with Crippen LogP contribution in [0.3, 0.4) is 0 Å². The van der Waals surface area contributed by atoms with E-state index in [1.54, 1.807) is 0 Å². The topological polar surface area (TPSA) is 24.7 Å². The van der Waals surface area contributed by atoms with Gasteiger partial charge in [0.1, 0.15) is 11.4 Å². The van der Waals surface area contributed by atoms with Crippen molar-refractivity contribution in [3.63, 3.8) is 0 Å². The second kappa shape index (κ2) is 6.41. The van der Waals surface area contributed by atoms with Crippen molar-refractivity contribution in [2.45, 2.75) is 0 Å². The molecular formula is C12H6Br4N2. The van der Waals surface area contributed by atoms with E-state index in [0.717, 1.165) is 29.3 Å². The van der Waals surface area contributed by atoms with Crippen molar-refractivity contribution in [2.75, 3.05) is 0 Å². The lowest BCUT2D eigenvalue weighted by atomic mass is 10.3. The maximum Gasteiger partial charge on any atom is 0.114 e. The van der Waals surface area contributed by atoms with Crippen molar-refractivity contribution in [2.24, 2.45) is 10.2 Å². The molecule has 0 unspecified atom stereocenters. The molecule has 0 radical (unpaired) electrons. The molecule has 18 heavy (non-hydrogen) atoms. The van der Waals surface area contributed by atoms with Gasteiger partial charge in [-0.15, -0.1) is 10.2 Å². The Morgan fingerprint density at radius 1 is 0.556 bits per heavy atom. The van der Waals surface area contributed by atoms with E-state index in [1.807, 2.05) is 36.4 Å². The van der Waals surface area contributed by atoms with Crippen LogP contribution in [0.5, 0.6) is 0 Å². The highest BCUT2D eigenvalue weighted by molar-refractivity contribution is 9.11. The van der Waals surface area contributed by atoms with Crippen molar-refractivity contribution < 1.29 is 0 Å². The van der Waals surface area contributed by atoms with Crippen LogP contribution >= 0.6 is 63.7 Å². The molecule has 0 aliphatic rings. The van der Waals surface area contributed by atoms with E-state index in [1.165, 1.54) is 0 Å². The van der Waals surface area contributed by atoms with Crippen LogP contribution in [0.25, 0.3) is 0 Å². The van der Waals surface area contributed by atoms with Crippen LogP contribution in [-0.4, -0.2) is 0 Å². The summed E-state index contributed by atoms with van der Waals surface area (Å²) < 4.78 is 3.57. The van der Waals surface area contributed by atoms with Gasteiger partial charge < -0.3 is 0 Å². The van der Waals surface area contributed by atoms with E-state index in [4.69, 9.17) is 0 Å². The third-order valence-corrected chi connectivity index (χ3v) is 4.68. The van der Waals surface area contributed by atoms with Gasteiger partial charge in [-0.05, 0) is 88.0 Å². The molecule has 0 saturated heterocycles. The summed E-state index contributed by atoms with van der Waals surface area (Å²) in [7, 11) is 0. The van der Waals surface area contributed by atoms with Gasteiger partial charge in [0.25, 0.3) is 0 Å². The molecule has 0 amide bonds. The van der Waals surface area contributed by atoms with Crippen LogP contribution in [0.15, 0.2) is 64.5 Å². The molecular weight excluding hydrogens is 492 g/mol. The first-order valence-corrected chi connectivity index (χ1v) is 8.06. The Morgan fingerprint density at radius 3 is 1.11 bits per heavy atom. The minimum Gasteiger partial charge on any atom is -0.148 e. The second-order valence-corrected chi connectivity index (χ2v) is 6.76. The predicted molar refractivity (Wildman–Crippen MR) is 87.9 cm³/mol. The Labute approximate surface area is 138 Å². The van der Waals surface area contributed by atoms with E-state index in [0.29, 0.717) is 0 Å². The number of hydrogen-bond donors (Lipinski definition) is 0. The van der Waals surface area contributed by atoms with Gasteiger partial charge in [0.15, 0.2) is 0 Å². The Balaban J connectivity index is 2.43. The van der Waals surface area contributed by atoms with Crippen molar-refractivity contribution >= 4 is 75.1 Å². The highest BCUT2D eigenvalue weighted by Crippen LogP contribution is 2.38. The number of halogens is 4. The first kappa shape index (κ1) is 14.4. The van der Waals surface area contributed by atoms with Crippen LogP contribution < -0.4 is 0 Å². The Morgan fingerprint density at radius 2 is 0.833 bits per heavy atom. The number of rotatable bonds is 2. The van der Waals surface area contributed by atoms with Crippen molar-refractivity contribution in [1.29, 1.82) is 0 Å². The highest BCUT2D eigenvalue weighted by Gasteiger charge is 2.06. The molecule has 0 bridgehead atoms. The molecule has 0 fully saturated rings. The summed E-state index contributed by atoms with van der Waals surface area (Å²) in [6.45, 7) is 0. The molecule has 0 atom stereocenters. The summed E-state index contributed by atoms with van der Waals surface area (Å²) >= 11 is 13.8. The Bertz CT molecular complexity index is 517. The maximum atomic E-state index is 4.27. The van der Waals surface area contributed by atoms with Crippen LogP contribution in [0, 0.1) is 0 Å². The molecule has 2 aromatic rings. The van der Waals surface area contributed by atoms with Gasteiger partial charge in [-0.2, -0.15) is 0 Å². The van der Waals surface area contributed by atoms with Gasteiger partial charge in [-0.25, -0.2) is 0 Å². The van der Waals surface area contributed by atoms with E-state index in [9.17, 15) is 0 Å². The molecule has 0 saturated carbocycles. The molecule has 2 aromatic carbocycles. The lowest BCUT2D eigenvalue weighted by molar-refractivity contribution is 1.20. The average Bonchev–Trinajstić information content (AvgIpc) is 2.31. The van der Waals surface area contributed by atoms with Gasteiger partial charge >= 0.3 is 0 Å². The quantitative estimate of drug-likeness (QED) is 0.394. The zero-order valence-corrected chi connectivity index (χ0v) is 15.2. The number of hydrogen-bond acceptors (Lipinski definition) is 2. The van der Waals surface area contributed by atoms with Crippen LogP contribution in [0.1, 0.15) is 0 Å². The van der Waals surface area contributed by atoms with Gasteiger partial charge in [0.2, 0.25) is 0 Å². The van der Waals surface area contributed by atoms with Gasteiger partial charge in [0.05, 0.1) is 0 Å². The molecule has 6 heteroatoms. The minimum atomic E-state index is 0.764. The number of nitrogens with zero attached hydrogens (tertiary/aromatic N) is 2. The predicted octanol–water partition coefficient (Wildman–Crippen LogP) is 7.15. The number of azo groups is 1. The summed E-state index contributed by atoms with van der Waals surface area (Å²) in [6, 6.07) is 11.6. The van der Waals surface area contributed by atoms with Crippen LogP contribution in [-0.2, 0) is 0 Å². The van der Waals surface area contributed by atoms with Crippen molar-refractivity contribution in [3.05, 3.63) is 54.3 Å². The molecule has 2 nitrogen and oxygen atoms in total.